The van der Waals surface area contributed by atoms with E-state index < -0.39 is 29.8 Å². The third-order valence-corrected chi connectivity index (χ3v) is 6.53. The van der Waals surface area contributed by atoms with Gasteiger partial charge in [-0.2, -0.15) is 0 Å². The molecule has 7 heteroatoms. The molecule has 2 aromatic carbocycles. The van der Waals surface area contributed by atoms with Crippen molar-refractivity contribution in [3.05, 3.63) is 70.3 Å². The van der Waals surface area contributed by atoms with Crippen LogP contribution in [-0.4, -0.2) is 41.0 Å². The van der Waals surface area contributed by atoms with Crippen LogP contribution in [0.1, 0.15) is 62.0 Å². The molecule has 0 aliphatic heterocycles. The van der Waals surface area contributed by atoms with Crippen molar-refractivity contribution in [1.82, 2.24) is 5.32 Å². The maximum atomic E-state index is 14.5. The zero-order valence-corrected chi connectivity index (χ0v) is 20.1. The van der Waals surface area contributed by atoms with Crippen LogP contribution < -0.4 is 5.32 Å². The van der Waals surface area contributed by atoms with Crippen molar-refractivity contribution in [2.75, 3.05) is 13.2 Å². The van der Waals surface area contributed by atoms with E-state index in [9.17, 15) is 18.7 Å². The Bertz CT molecular complexity index is 970. The molecule has 2 aromatic rings. The highest BCUT2D eigenvalue weighted by Crippen LogP contribution is 2.32. The summed E-state index contributed by atoms with van der Waals surface area (Å²) in [4.78, 5) is 10.9. The van der Waals surface area contributed by atoms with Crippen LogP contribution in [0.3, 0.4) is 0 Å². The Hall–Kier alpha value is -2.35. The summed E-state index contributed by atoms with van der Waals surface area (Å²) in [5.41, 5.74) is 3.04. The largest absolute Gasteiger partial charge is 0.481 e. The number of hydrogen-bond acceptors (Lipinski definition) is 4. The number of β-amino-alcohol motifs (C(OH)–C–C–N with tert-alkyl or cyclic N) is 1. The van der Waals surface area contributed by atoms with Gasteiger partial charge in [-0.1, -0.05) is 30.3 Å². The highest BCUT2D eigenvalue weighted by atomic mass is 19.2. The number of aryl methyl sites for hydroxylation is 1. The smallest absolute Gasteiger partial charge is 0.303 e. The molecule has 5 nitrogen and oxygen atoms in total. The number of aliphatic carboxylic acids is 1. The maximum absolute atomic E-state index is 14.5. The summed E-state index contributed by atoms with van der Waals surface area (Å²) >= 11 is 0. The number of carboxylic acid groups (broad SMARTS) is 1. The summed E-state index contributed by atoms with van der Waals surface area (Å²) in [5, 5.41) is 22.8. The average molecular weight is 476 g/mol. The molecule has 0 bridgehead atoms. The van der Waals surface area contributed by atoms with Crippen molar-refractivity contribution in [2.45, 2.75) is 70.6 Å². The van der Waals surface area contributed by atoms with Crippen LogP contribution in [0.2, 0.25) is 0 Å². The first-order valence-electron chi connectivity index (χ1n) is 11.9. The van der Waals surface area contributed by atoms with Gasteiger partial charge in [0.05, 0.1) is 18.8 Å². The first kappa shape index (κ1) is 26.3. The standard InChI is InChI=1S/C27H35F2NO4/c1-17(25-19(9-11-24(32)33)8-10-23(28)26(25)29)34-16-22(31)15-30-27(2,3)14-18-12-20-6-4-5-7-21(20)13-18/h4-8,10,17-18,22,30-31H,9,11-16H2,1-3H3,(H,32,33)/t17?,22-/m1/s1. The van der Waals surface area contributed by atoms with E-state index >= 15 is 0 Å². The molecule has 2 atom stereocenters. The Kier molecular flexibility index (Phi) is 8.79. The van der Waals surface area contributed by atoms with E-state index in [1.54, 1.807) is 6.92 Å². The predicted octanol–water partition coefficient (Wildman–Crippen LogP) is 4.59. The SMILES string of the molecule is CC(OC[C@H](O)CNC(C)(C)CC1Cc2ccccc2C1)c1c(CCC(=O)O)ccc(F)c1F. The molecule has 0 aromatic heterocycles. The molecule has 3 N–H and O–H groups in total. The number of fused-ring (bicyclic) bond motifs is 1. The number of aliphatic hydroxyl groups is 1. The molecule has 34 heavy (non-hydrogen) atoms. The molecule has 3 rings (SSSR count). The van der Waals surface area contributed by atoms with Crippen molar-refractivity contribution in [3.8, 4) is 0 Å². The van der Waals surface area contributed by atoms with E-state index in [-0.39, 0.29) is 30.6 Å². The van der Waals surface area contributed by atoms with Gasteiger partial charge in [0, 0.05) is 24.1 Å². The molecule has 0 heterocycles. The molecule has 0 amide bonds. The van der Waals surface area contributed by atoms with Gasteiger partial charge in [0.2, 0.25) is 0 Å². The van der Waals surface area contributed by atoms with Crippen molar-refractivity contribution >= 4 is 5.97 Å². The summed E-state index contributed by atoms with van der Waals surface area (Å²) in [6, 6.07) is 10.9. The Balaban J connectivity index is 1.49. The third kappa shape index (κ3) is 7.08. The van der Waals surface area contributed by atoms with Gasteiger partial charge in [-0.3, -0.25) is 4.79 Å². The Morgan fingerprint density at radius 1 is 1.18 bits per heavy atom. The normalized spacial score (nSPS) is 15.8. The van der Waals surface area contributed by atoms with Crippen molar-refractivity contribution in [2.24, 2.45) is 5.92 Å². The monoisotopic (exact) mass is 475 g/mol. The number of nitrogens with one attached hydrogen (secondary N) is 1. The number of benzene rings is 2. The first-order chi connectivity index (χ1) is 16.1. The van der Waals surface area contributed by atoms with Crippen LogP contribution in [0.15, 0.2) is 36.4 Å². The lowest BCUT2D eigenvalue weighted by Crippen LogP contribution is -2.45. The third-order valence-electron chi connectivity index (χ3n) is 6.53. The second kappa shape index (κ2) is 11.4. The van der Waals surface area contributed by atoms with Crippen molar-refractivity contribution in [1.29, 1.82) is 0 Å². The molecule has 1 aliphatic carbocycles. The Labute approximate surface area is 200 Å². The van der Waals surface area contributed by atoms with Crippen LogP contribution in [0.4, 0.5) is 8.78 Å². The van der Waals surface area contributed by atoms with Gasteiger partial charge in [-0.25, -0.2) is 8.78 Å². The number of carbonyl (C=O) groups is 1. The van der Waals surface area contributed by atoms with E-state index in [1.165, 1.54) is 17.2 Å². The van der Waals surface area contributed by atoms with E-state index in [2.05, 4.69) is 43.4 Å². The van der Waals surface area contributed by atoms with Gasteiger partial charge in [0.15, 0.2) is 11.6 Å². The van der Waals surface area contributed by atoms with Gasteiger partial charge in [-0.05, 0) is 75.1 Å². The number of carboxylic acids is 1. The van der Waals surface area contributed by atoms with Crippen molar-refractivity contribution < 1.29 is 28.5 Å². The number of rotatable bonds is 12. The number of hydrogen-bond donors (Lipinski definition) is 3. The minimum Gasteiger partial charge on any atom is -0.481 e. The van der Waals surface area contributed by atoms with E-state index in [0.29, 0.717) is 18.0 Å². The van der Waals surface area contributed by atoms with Crippen LogP contribution in [0, 0.1) is 17.6 Å². The fourth-order valence-electron chi connectivity index (χ4n) is 4.89. The minimum absolute atomic E-state index is 0.00235. The molecule has 0 saturated carbocycles. The number of ether oxygens (including phenoxy) is 1. The zero-order chi connectivity index (χ0) is 24.9. The molecular weight excluding hydrogens is 440 g/mol. The van der Waals surface area contributed by atoms with E-state index in [4.69, 9.17) is 9.84 Å². The number of aliphatic hydroxyl groups excluding tert-OH is 1. The fraction of sp³-hybridized carbons (Fsp3) is 0.519. The fourth-order valence-corrected chi connectivity index (χ4v) is 4.89. The molecular formula is C27H35F2NO4. The molecule has 0 radical (unpaired) electrons. The summed E-state index contributed by atoms with van der Waals surface area (Å²) in [6.07, 6.45) is 1.30. The molecule has 0 saturated heterocycles. The van der Waals surface area contributed by atoms with Gasteiger partial charge in [0.25, 0.3) is 0 Å². The average Bonchev–Trinajstić information content (AvgIpc) is 3.18. The Morgan fingerprint density at radius 2 is 1.82 bits per heavy atom. The van der Waals surface area contributed by atoms with Crippen LogP contribution in [0.25, 0.3) is 0 Å². The van der Waals surface area contributed by atoms with Crippen molar-refractivity contribution in [3.63, 3.8) is 0 Å². The lowest BCUT2D eigenvalue weighted by Gasteiger charge is -2.31. The first-order valence-corrected chi connectivity index (χ1v) is 11.9. The van der Waals surface area contributed by atoms with Gasteiger partial charge < -0.3 is 20.3 Å². The zero-order valence-electron chi connectivity index (χ0n) is 20.1. The van der Waals surface area contributed by atoms with Gasteiger partial charge in [0.1, 0.15) is 0 Å². The lowest BCUT2D eigenvalue weighted by molar-refractivity contribution is -0.136. The highest BCUT2D eigenvalue weighted by Gasteiger charge is 2.28. The second-order valence-electron chi connectivity index (χ2n) is 9.97. The summed E-state index contributed by atoms with van der Waals surface area (Å²) < 4.78 is 34.0. The predicted molar refractivity (Wildman–Crippen MR) is 127 cm³/mol. The lowest BCUT2D eigenvalue weighted by atomic mass is 9.88. The topological polar surface area (TPSA) is 78.8 Å². The molecule has 1 unspecified atom stereocenters. The number of halogens is 2. The molecule has 0 fully saturated rings. The second-order valence-corrected chi connectivity index (χ2v) is 9.97. The van der Waals surface area contributed by atoms with Crippen LogP contribution >= 0.6 is 0 Å². The minimum atomic E-state index is -1.04. The quantitative estimate of drug-likeness (QED) is 0.418. The summed E-state index contributed by atoms with van der Waals surface area (Å²) in [5.74, 6) is -2.52. The van der Waals surface area contributed by atoms with E-state index in [1.807, 2.05) is 0 Å². The maximum Gasteiger partial charge on any atom is 0.303 e. The molecule has 186 valence electrons. The highest BCUT2D eigenvalue weighted by molar-refractivity contribution is 5.67. The molecule has 0 spiro atoms. The van der Waals surface area contributed by atoms with E-state index in [0.717, 1.165) is 25.3 Å². The van der Waals surface area contributed by atoms with Crippen LogP contribution in [-0.2, 0) is 28.8 Å². The van der Waals surface area contributed by atoms with Gasteiger partial charge >= 0.3 is 5.97 Å². The van der Waals surface area contributed by atoms with Gasteiger partial charge in [-0.15, -0.1) is 0 Å². The summed E-state index contributed by atoms with van der Waals surface area (Å²) in [6.45, 7) is 6.04. The summed E-state index contributed by atoms with van der Waals surface area (Å²) in [7, 11) is 0. The Morgan fingerprint density at radius 3 is 2.44 bits per heavy atom. The van der Waals surface area contributed by atoms with Crippen LogP contribution in [0.5, 0.6) is 0 Å². The molecule has 1 aliphatic rings.